The normalized spacial score (nSPS) is 16.2. The second-order valence-electron chi connectivity index (χ2n) is 5.30. The SMILES string of the molecule is CCc1nc(C(NC2CC2)c2ncc(Br)cc2Br)sc1C. The molecule has 2 aromatic rings. The Labute approximate surface area is 145 Å². The minimum Gasteiger partial charge on any atom is -0.300 e. The Hall–Kier alpha value is -0.300. The Kier molecular flexibility index (Phi) is 4.78. The lowest BCUT2D eigenvalue weighted by Crippen LogP contribution is -2.25. The number of thiazole rings is 1. The van der Waals surface area contributed by atoms with Gasteiger partial charge in [0, 0.05) is 26.1 Å². The van der Waals surface area contributed by atoms with Crippen molar-refractivity contribution >= 4 is 43.2 Å². The number of rotatable bonds is 5. The maximum absolute atomic E-state index is 4.83. The van der Waals surface area contributed by atoms with Crippen LogP contribution < -0.4 is 5.32 Å². The molecule has 0 amide bonds. The van der Waals surface area contributed by atoms with Crippen LogP contribution in [0.25, 0.3) is 0 Å². The minimum absolute atomic E-state index is 0.0731. The van der Waals surface area contributed by atoms with Crippen LogP contribution in [0.2, 0.25) is 0 Å². The molecule has 21 heavy (non-hydrogen) atoms. The number of hydrogen-bond donors (Lipinski definition) is 1. The van der Waals surface area contributed by atoms with Gasteiger partial charge in [0.25, 0.3) is 0 Å². The van der Waals surface area contributed by atoms with E-state index in [1.54, 1.807) is 11.3 Å². The van der Waals surface area contributed by atoms with Gasteiger partial charge in [-0.05, 0) is 64.1 Å². The molecule has 1 fully saturated rings. The Morgan fingerprint density at radius 3 is 2.76 bits per heavy atom. The monoisotopic (exact) mass is 429 g/mol. The summed E-state index contributed by atoms with van der Waals surface area (Å²) in [6, 6.07) is 2.72. The minimum atomic E-state index is 0.0731. The summed E-state index contributed by atoms with van der Waals surface area (Å²) in [5.41, 5.74) is 2.22. The molecule has 2 aromatic heterocycles. The smallest absolute Gasteiger partial charge is 0.116 e. The summed E-state index contributed by atoms with van der Waals surface area (Å²) in [6.07, 6.45) is 5.32. The van der Waals surface area contributed by atoms with Gasteiger partial charge in [-0.15, -0.1) is 11.3 Å². The zero-order valence-corrected chi connectivity index (χ0v) is 16.0. The predicted octanol–water partition coefficient (Wildman–Crippen LogP) is 4.78. The van der Waals surface area contributed by atoms with E-state index in [0.29, 0.717) is 6.04 Å². The number of pyridine rings is 1. The number of halogens is 2. The van der Waals surface area contributed by atoms with Crippen molar-refractivity contribution < 1.29 is 0 Å². The fourth-order valence-electron chi connectivity index (χ4n) is 2.29. The summed E-state index contributed by atoms with van der Waals surface area (Å²) >= 11 is 8.89. The number of aromatic nitrogens is 2. The summed E-state index contributed by atoms with van der Waals surface area (Å²) in [7, 11) is 0. The number of hydrogen-bond acceptors (Lipinski definition) is 4. The number of nitrogens with zero attached hydrogens (tertiary/aromatic N) is 2. The Morgan fingerprint density at radius 2 is 2.19 bits per heavy atom. The molecular weight excluding hydrogens is 414 g/mol. The average molecular weight is 431 g/mol. The van der Waals surface area contributed by atoms with Crippen molar-refractivity contribution in [2.45, 2.75) is 45.2 Å². The highest BCUT2D eigenvalue weighted by Crippen LogP contribution is 2.35. The third kappa shape index (κ3) is 3.55. The molecule has 0 radical (unpaired) electrons. The van der Waals surface area contributed by atoms with Gasteiger partial charge in [-0.25, -0.2) is 4.98 Å². The van der Waals surface area contributed by atoms with Gasteiger partial charge < -0.3 is 5.32 Å². The van der Waals surface area contributed by atoms with Crippen LogP contribution in [0.5, 0.6) is 0 Å². The number of aryl methyl sites for hydroxylation is 2. The van der Waals surface area contributed by atoms with E-state index in [-0.39, 0.29) is 6.04 Å². The van der Waals surface area contributed by atoms with Crippen LogP contribution in [0.4, 0.5) is 0 Å². The zero-order chi connectivity index (χ0) is 15.0. The standard InChI is InChI=1S/C15H17Br2N3S/c1-3-12-8(2)21-15(20-12)14(19-10-4-5-10)13-11(17)6-9(16)7-18-13/h6-7,10,14,19H,3-5H2,1-2H3. The molecule has 1 saturated carbocycles. The van der Waals surface area contributed by atoms with E-state index >= 15 is 0 Å². The first-order chi connectivity index (χ1) is 10.1. The van der Waals surface area contributed by atoms with E-state index in [1.165, 1.54) is 23.4 Å². The van der Waals surface area contributed by atoms with Crippen molar-refractivity contribution in [1.82, 2.24) is 15.3 Å². The van der Waals surface area contributed by atoms with Crippen molar-refractivity contribution in [3.63, 3.8) is 0 Å². The first kappa shape index (κ1) is 15.6. The van der Waals surface area contributed by atoms with Gasteiger partial charge >= 0.3 is 0 Å². The Morgan fingerprint density at radius 1 is 1.43 bits per heavy atom. The van der Waals surface area contributed by atoms with Crippen LogP contribution in [-0.4, -0.2) is 16.0 Å². The van der Waals surface area contributed by atoms with Crippen LogP contribution in [0.3, 0.4) is 0 Å². The van der Waals surface area contributed by atoms with Gasteiger partial charge in [-0.3, -0.25) is 4.98 Å². The highest BCUT2D eigenvalue weighted by atomic mass is 79.9. The lowest BCUT2D eigenvalue weighted by atomic mass is 10.2. The van der Waals surface area contributed by atoms with Crippen LogP contribution in [0.1, 0.15) is 47.1 Å². The molecular formula is C15H17Br2N3S. The van der Waals surface area contributed by atoms with Crippen molar-refractivity contribution in [1.29, 1.82) is 0 Å². The topological polar surface area (TPSA) is 37.8 Å². The van der Waals surface area contributed by atoms with Crippen LogP contribution in [0, 0.1) is 6.92 Å². The summed E-state index contributed by atoms with van der Waals surface area (Å²) in [6.45, 7) is 4.31. The van der Waals surface area contributed by atoms with Crippen LogP contribution >= 0.6 is 43.2 Å². The molecule has 1 atom stereocenters. The summed E-state index contributed by atoms with van der Waals surface area (Å²) in [4.78, 5) is 10.8. The van der Waals surface area contributed by atoms with Gasteiger partial charge in [0.15, 0.2) is 0 Å². The number of nitrogens with one attached hydrogen (secondary N) is 1. The maximum Gasteiger partial charge on any atom is 0.116 e. The molecule has 112 valence electrons. The van der Waals surface area contributed by atoms with Gasteiger partial charge in [0.2, 0.25) is 0 Å². The molecule has 0 aromatic carbocycles. The predicted molar refractivity (Wildman–Crippen MR) is 93.9 cm³/mol. The second-order valence-corrected chi connectivity index (χ2v) is 8.31. The summed E-state index contributed by atoms with van der Waals surface area (Å²) in [5.74, 6) is 0. The van der Waals surface area contributed by atoms with E-state index in [0.717, 1.165) is 26.1 Å². The largest absolute Gasteiger partial charge is 0.300 e. The lowest BCUT2D eigenvalue weighted by molar-refractivity contribution is 0.581. The zero-order valence-electron chi connectivity index (χ0n) is 12.0. The highest BCUT2D eigenvalue weighted by molar-refractivity contribution is 9.11. The Balaban J connectivity index is 1.99. The van der Waals surface area contributed by atoms with Crippen LogP contribution in [-0.2, 0) is 6.42 Å². The summed E-state index contributed by atoms with van der Waals surface area (Å²) in [5, 5.41) is 4.81. The third-order valence-electron chi connectivity index (χ3n) is 3.58. The van der Waals surface area contributed by atoms with Crippen LogP contribution in [0.15, 0.2) is 21.2 Å². The average Bonchev–Trinajstić information content (AvgIpc) is 3.18. The van der Waals surface area contributed by atoms with E-state index in [1.807, 2.05) is 12.3 Å². The van der Waals surface area contributed by atoms with Gasteiger partial charge in [-0.1, -0.05) is 6.92 Å². The summed E-state index contributed by atoms with van der Waals surface area (Å²) < 4.78 is 1.99. The molecule has 0 bridgehead atoms. The quantitative estimate of drug-likeness (QED) is 0.741. The van der Waals surface area contributed by atoms with Gasteiger partial charge in [0.1, 0.15) is 11.0 Å². The van der Waals surface area contributed by atoms with Crippen molar-refractivity contribution in [3.05, 3.63) is 42.5 Å². The molecule has 6 heteroatoms. The first-order valence-electron chi connectivity index (χ1n) is 7.11. The molecule has 0 saturated heterocycles. The fourth-order valence-corrected chi connectivity index (χ4v) is 4.58. The van der Waals surface area contributed by atoms with Crippen molar-refractivity contribution in [2.24, 2.45) is 0 Å². The molecule has 2 heterocycles. The molecule has 0 spiro atoms. The van der Waals surface area contributed by atoms with Gasteiger partial charge in [0.05, 0.1) is 11.4 Å². The van der Waals surface area contributed by atoms with Crippen molar-refractivity contribution in [3.8, 4) is 0 Å². The molecule has 1 N–H and O–H groups in total. The van der Waals surface area contributed by atoms with E-state index in [4.69, 9.17) is 4.98 Å². The van der Waals surface area contributed by atoms with E-state index < -0.39 is 0 Å². The molecule has 3 rings (SSSR count). The molecule has 0 aliphatic heterocycles. The third-order valence-corrected chi connectivity index (χ3v) is 5.73. The lowest BCUT2D eigenvalue weighted by Gasteiger charge is -2.17. The Bertz CT molecular complexity index is 652. The van der Waals surface area contributed by atoms with Crippen molar-refractivity contribution in [2.75, 3.05) is 0 Å². The highest BCUT2D eigenvalue weighted by Gasteiger charge is 2.30. The van der Waals surface area contributed by atoms with E-state index in [2.05, 4.69) is 56.0 Å². The molecule has 3 nitrogen and oxygen atoms in total. The van der Waals surface area contributed by atoms with Gasteiger partial charge in [-0.2, -0.15) is 0 Å². The molecule has 1 unspecified atom stereocenters. The van der Waals surface area contributed by atoms with E-state index in [9.17, 15) is 0 Å². The molecule has 1 aliphatic rings. The maximum atomic E-state index is 4.83. The first-order valence-corrected chi connectivity index (χ1v) is 9.52. The molecule has 1 aliphatic carbocycles. The second kappa shape index (κ2) is 6.44. The fraction of sp³-hybridized carbons (Fsp3) is 0.467.